The highest BCUT2D eigenvalue weighted by Crippen LogP contribution is 2.29. The van der Waals surface area contributed by atoms with Crippen LogP contribution in [0.15, 0.2) is 23.6 Å². The van der Waals surface area contributed by atoms with Gasteiger partial charge in [0.05, 0.1) is 26.2 Å². The molecular weight excluding hydrogens is 254 g/mol. The molecule has 6 heteroatoms. The zero-order chi connectivity index (χ0) is 17.1. The Hall–Kier alpha value is -1.69. The van der Waals surface area contributed by atoms with Crippen LogP contribution in [0.4, 0.5) is 0 Å². The van der Waals surface area contributed by atoms with Crippen LogP contribution in [0.3, 0.4) is 0 Å². The quantitative estimate of drug-likeness (QED) is 0.878. The van der Waals surface area contributed by atoms with Gasteiger partial charge in [0.1, 0.15) is 0 Å². The Morgan fingerprint density at radius 2 is 2.28 bits per heavy atom. The van der Waals surface area contributed by atoms with E-state index < -0.39 is 27.1 Å². The van der Waals surface area contributed by atoms with E-state index in [0.29, 0.717) is 18.1 Å². The molecule has 0 heterocycles. The largest absolute Gasteiger partial charge is 0.493 e. The Bertz CT molecular complexity index is 683. The van der Waals surface area contributed by atoms with Gasteiger partial charge in [0.15, 0.2) is 21.3 Å². The maximum atomic E-state index is 11.8. The van der Waals surface area contributed by atoms with Gasteiger partial charge in [0.25, 0.3) is 0 Å². The first-order valence-corrected chi connectivity index (χ1v) is 6.56. The number of nitrogens with two attached hydrogens (primary N) is 1. The molecule has 0 fully saturated rings. The summed E-state index contributed by atoms with van der Waals surface area (Å²) in [6, 6.07) is 4.30. The predicted octanol–water partition coefficient (Wildman–Crippen LogP) is 1.40. The van der Waals surface area contributed by atoms with Gasteiger partial charge in [-0.15, -0.1) is 0 Å². The summed E-state index contributed by atoms with van der Waals surface area (Å²) in [5.74, 6) is 0.716. The van der Waals surface area contributed by atoms with E-state index in [9.17, 15) is 8.42 Å². The summed E-state index contributed by atoms with van der Waals surface area (Å²) < 4.78 is 62.4. The molecule has 0 saturated heterocycles. The SMILES string of the molecule is [2H]C(=C(N)c1ccc(OC)c(OCC)c1)S(=O)(=O)C([2H])([2H])[2H]. The van der Waals surface area contributed by atoms with Crippen molar-refractivity contribution in [2.45, 2.75) is 6.92 Å². The standard InChI is InChI=1S/C12H17NO4S/c1-4-17-12-7-9(5-6-11(12)16-2)10(13)8-18(3,14)15/h5-8H,4,13H2,1-3H3/i3D3,8D. The fraction of sp³-hybridized carbons (Fsp3) is 0.333. The number of hydrogen-bond donors (Lipinski definition) is 1. The van der Waals surface area contributed by atoms with Gasteiger partial charge in [-0.3, -0.25) is 0 Å². The smallest absolute Gasteiger partial charge is 0.170 e. The minimum absolute atomic E-state index is 0.155. The zero-order valence-electron chi connectivity index (χ0n) is 14.1. The van der Waals surface area contributed by atoms with Crippen molar-refractivity contribution in [3.63, 3.8) is 0 Å². The summed E-state index contributed by atoms with van der Waals surface area (Å²) in [7, 11) is -3.38. The molecule has 0 amide bonds. The molecule has 18 heavy (non-hydrogen) atoms. The van der Waals surface area contributed by atoms with Crippen LogP contribution in [-0.2, 0) is 9.84 Å². The molecule has 0 aliphatic heterocycles. The molecule has 2 N–H and O–H groups in total. The molecule has 1 aromatic carbocycles. The highest BCUT2D eigenvalue weighted by Gasteiger charge is 2.08. The monoisotopic (exact) mass is 275 g/mol. The molecule has 0 atom stereocenters. The van der Waals surface area contributed by atoms with E-state index in [2.05, 4.69) is 0 Å². The van der Waals surface area contributed by atoms with Crippen LogP contribution in [0, 0.1) is 0 Å². The molecule has 0 aliphatic carbocycles. The topological polar surface area (TPSA) is 78.6 Å². The number of rotatable bonds is 5. The molecular formula is C12H17NO4S. The van der Waals surface area contributed by atoms with Crippen molar-refractivity contribution in [1.82, 2.24) is 0 Å². The average Bonchev–Trinajstić information content (AvgIpc) is 2.44. The van der Waals surface area contributed by atoms with Crippen LogP contribution in [0.5, 0.6) is 11.5 Å². The number of methoxy groups -OCH3 is 1. The minimum atomic E-state index is -4.82. The first-order valence-electron chi connectivity index (χ1n) is 7.08. The van der Waals surface area contributed by atoms with Crippen molar-refractivity contribution in [2.75, 3.05) is 19.9 Å². The summed E-state index contributed by atoms with van der Waals surface area (Å²) in [6.07, 6.45) is -3.34. The third-order valence-electron chi connectivity index (χ3n) is 2.02. The van der Waals surface area contributed by atoms with Gasteiger partial charge in [-0.1, -0.05) is 0 Å². The second kappa shape index (κ2) is 5.77. The molecule has 0 unspecified atom stereocenters. The van der Waals surface area contributed by atoms with E-state index in [1.165, 1.54) is 25.3 Å². The third-order valence-corrected chi connectivity index (χ3v) is 2.51. The van der Waals surface area contributed by atoms with Gasteiger partial charge in [-0.2, -0.15) is 0 Å². The lowest BCUT2D eigenvalue weighted by molar-refractivity contribution is 0.311. The highest BCUT2D eigenvalue weighted by atomic mass is 32.2. The van der Waals surface area contributed by atoms with Gasteiger partial charge in [-0.05, 0) is 25.1 Å². The van der Waals surface area contributed by atoms with Crippen molar-refractivity contribution < 1.29 is 23.4 Å². The van der Waals surface area contributed by atoms with Gasteiger partial charge in [-0.25, -0.2) is 8.42 Å². The van der Waals surface area contributed by atoms with Crippen molar-refractivity contribution >= 4 is 15.5 Å². The lowest BCUT2D eigenvalue weighted by atomic mass is 10.1. The van der Waals surface area contributed by atoms with Gasteiger partial charge < -0.3 is 15.2 Å². The Morgan fingerprint density at radius 3 is 2.83 bits per heavy atom. The Morgan fingerprint density at radius 1 is 1.56 bits per heavy atom. The summed E-state index contributed by atoms with van der Waals surface area (Å²) in [4.78, 5) is 0. The minimum Gasteiger partial charge on any atom is -0.493 e. The summed E-state index contributed by atoms with van der Waals surface area (Å²) in [5.41, 5.74) is 5.33. The first-order chi connectivity index (χ1) is 10.1. The van der Waals surface area contributed by atoms with E-state index in [4.69, 9.17) is 20.7 Å². The molecule has 1 aromatic rings. The van der Waals surface area contributed by atoms with Gasteiger partial charge in [0, 0.05) is 15.9 Å². The van der Waals surface area contributed by atoms with Crippen LogP contribution < -0.4 is 15.2 Å². The number of hydrogen-bond acceptors (Lipinski definition) is 5. The number of sulfone groups is 1. The molecule has 0 aliphatic rings. The number of benzene rings is 1. The normalized spacial score (nSPS) is 16.8. The number of ether oxygens (including phenoxy) is 2. The van der Waals surface area contributed by atoms with Gasteiger partial charge >= 0.3 is 0 Å². The van der Waals surface area contributed by atoms with Crippen LogP contribution >= 0.6 is 0 Å². The van der Waals surface area contributed by atoms with Crippen LogP contribution in [0.25, 0.3) is 5.70 Å². The predicted molar refractivity (Wildman–Crippen MR) is 71.2 cm³/mol. The maximum Gasteiger partial charge on any atom is 0.170 e. The van der Waals surface area contributed by atoms with Gasteiger partial charge in [0.2, 0.25) is 0 Å². The van der Waals surface area contributed by atoms with E-state index in [0.717, 1.165) is 0 Å². The fourth-order valence-corrected chi connectivity index (χ4v) is 1.72. The highest BCUT2D eigenvalue weighted by molar-refractivity contribution is 7.93. The zero-order valence-corrected chi connectivity index (χ0v) is 10.9. The second-order valence-electron chi connectivity index (χ2n) is 3.32. The van der Waals surface area contributed by atoms with Crippen molar-refractivity contribution in [2.24, 2.45) is 5.73 Å². The second-order valence-corrected chi connectivity index (χ2v) is 4.53. The Kier molecular flexibility index (Phi) is 2.97. The van der Waals surface area contributed by atoms with Crippen molar-refractivity contribution in [1.29, 1.82) is 0 Å². The Balaban J connectivity index is 3.42. The first kappa shape index (κ1) is 9.27. The maximum absolute atomic E-state index is 11.8. The van der Waals surface area contributed by atoms with Crippen molar-refractivity contribution in [3.8, 4) is 11.5 Å². The van der Waals surface area contributed by atoms with E-state index >= 15 is 0 Å². The summed E-state index contributed by atoms with van der Waals surface area (Å²) in [6.45, 7) is 2.09. The van der Waals surface area contributed by atoms with Crippen molar-refractivity contribution in [3.05, 3.63) is 29.1 Å². The van der Waals surface area contributed by atoms with E-state index in [-0.39, 0.29) is 5.56 Å². The van der Waals surface area contributed by atoms with E-state index in [1.807, 2.05) is 0 Å². The molecule has 0 saturated carbocycles. The van der Waals surface area contributed by atoms with Crippen LogP contribution in [-0.4, -0.2) is 28.3 Å². The molecule has 1 rings (SSSR count). The van der Waals surface area contributed by atoms with E-state index in [1.54, 1.807) is 6.92 Å². The third kappa shape index (κ3) is 3.96. The lowest BCUT2D eigenvalue weighted by Crippen LogP contribution is -2.02. The molecule has 0 radical (unpaired) electrons. The molecule has 0 aromatic heterocycles. The molecule has 5 nitrogen and oxygen atoms in total. The van der Waals surface area contributed by atoms with Crippen LogP contribution in [0.2, 0.25) is 0 Å². The van der Waals surface area contributed by atoms with Crippen LogP contribution in [0.1, 0.15) is 18.0 Å². The Labute approximate surface area is 113 Å². The average molecular weight is 275 g/mol. The lowest BCUT2D eigenvalue weighted by Gasteiger charge is -2.11. The molecule has 100 valence electrons. The summed E-state index contributed by atoms with van der Waals surface area (Å²) >= 11 is 0. The molecule has 0 bridgehead atoms. The molecule has 0 spiro atoms. The fourth-order valence-electron chi connectivity index (χ4n) is 1.32. The summed E-state index contributed by atoms with van der Waals surface area (Å²) in [5, 5.41) is -1.15.